The van der Waals surface area contributed by atoms with Crippen LogP contribution in [0.15, 0.2) is 60.7 Å². The fraction of sp³-hybridized carbons (Fsp3) is 0.278. The van der Waals surface area contributed by atoms with Gasteiger partial charge in [-0.2, -0.15) is 0 Å². The minimum absolute atomic E-state index is 0.0403. The Hall–Kier alpha value is -1.74. The molecule has 0 saturated carbocycles. The number of thioether (sulfide) groups is 1. The van der Waals surface area contributed by atoms with Crippen molar-refractivity contribution in [1.82, 2.24) is 5.32 Å². The van der Waals surface area contributed by atoms with Crippen LogP contribution >= 0.6 is 11.8 Å². The van der Waals surface area contributed by atoms with Gasteiger partial charge < -0.3 is 5.32 Å². The standard InChI is InChI=1S/C18H21NOS/c1-14(17-11-7-4-8-12-17)19-18(20)15(2)21-13-16-9-5-3-6-10-16/h3-12,14-15H,13H2,1-2H3,(H,19,20). The van der Waals surface area contributed by atoms with E-state index in [0.29, 0.717) is 0 Å². The number of hydrogen-bond acceptors (Lipinski definition) is 2. The lowest BCUT2D eigenvalue weighted by Gasteiger charge is -2.17. The highest BCUT2D eigenvalue weighted by Crippen LogP contribution is 2.19. The first-order valence-corrected chi connectivity index (χ1v) is 8.22. The van der Waals surface area contributed by atoms with E-state index >= 15 is 0 Å². The quantitative estimate of drug-likeness (QED) is 0.866. The number of carbonyl (C=O) groups is 1. The molecule has 2 rings (SSSR count). The van der Waals surface area contributed by atoms with Crippen molar-refractivity contribution in [2.24, 2.45) is 0 Å². The Morgan fingerprint density at radius 3 is 2.19 bits per heavy atom. The third-order valence-electron chi connectivity index (χ3n) is 3.37. The highest BCUT2D eigenvalue weighted by molar-refractivity contribution is 7.99. The highest BCUT2D eigenvalue weighted by atomic mass is 32.2. The summed E-state index contributed by atoms with van der Waals surface area (Å²) in [6.07, 6.45) is 0. The van der Waals surface area contributed by atoms with Gasteiger partial charge in [0.2, 0.25) is 5.91 Å². The molecule has 0 radical (unpaired) electrons. The van der Waals surface area contributed by atoms with Crippen molar-refractivity contribution < 1.29 is 4.79 Å². The molecule has 2 unspecified atom stereocenters. The second kappa shape index (κ2) is 7.89. The fourth-order valence-corrected chi connectivity index (χ4v) is 2.88. The maximum Gasteiger partial charge on any atom is 0.233 e. The minimum atomic E-state index is -0.0589. The maximum absolute atomic E-state index is 12.2. The van der Waals surface area contributed by atoms with Gasteiger partial charge in [-0.15, -0.1) is 11.8 Å². The molecule has 0 heterocycles. The van der Waals surface area contributed by atoms with Crippen molar-refractivity contribution in [3.63, 3.8) is 0 Å². The van der Waals surface area contributed by atoms with Gasteiger partial charge in [0.05, 0.1) is 11.3 Å². The van der Waals surface area contributed by atoms with Gasteiger partial charge in [-0.25, -0.2) is 0 Å². The Labute approximate surface area is 131 Å². The van der Waals surface area contributed by atoms with E-state index in [4.69, 9.17) is 0 Å². The number of hydrogen-bond donors (Lipinski definition) is 1. The Bertz CT molecular complexity index is 556. The van der Waals surface area contributed by atoms with Gasteiger partial charge in [-0.05, 0) is 25.0 Å². The van der Waals surface area contributed by atoms with Gasteiger partial charge in [0.25, 0.3) is 0 Å². The molecule has 0 spiro atoms. The molecule has 1 N–H and O–H groups in total. The zero-order valence-electron chi connectivity index (χ0n) is 12.5. The molecule has 21 heavy (non-hydrogen) atoms. The summed E-state index contributed by atoms with van der Waals surface area (Å²) >= 11 is 1.66. The SMILES string of the molecule is CC(SCc1ccccc1)C(=O)NC(C)c1ccccc1. The summed E-state index contributed by atoms with van der Waals surface area (Å²) < 4.78 is 0. The molecule has 2 atom stereocenters. The van der Waals surface area contributed by atoms with E-state index in [-0.39, 0.29) is 17.2 Å². The molecular weight excluding hydrogens is 278 g/mol. The number of benzene rings is 2. The minimum Gasteiger partial charge on any atom is -0.349 e. The first-order chi connectivity index (χ1) is 10.2. The topological polar surface area (TPSA) is 29.1 Å². The molecule has 2 nitrogen and oxygen atoms in total. The van der Waals surface area contributed by atoms with Gasteiger partial charge in [-0.1, -0.05) is 60.7 Å². The molecule has 2 aromatic carbocycles. The molecule has 0 saturated heterocycles. The van der Waals surface area contributed by atoms with E-state index in [9.17, 15) is 4.79 Å². The molecule has 2 aromatic rings. The Morgan fingerprint density at radius 2 is 1.57 bits per heavy atom. The second-order valence-corrected chi connectivity index (χ2v) is 6.41. The van der Waals surface area contributed by atoms with Crippen LogP contribution in [-0.2, 0) is 10.5 Å². The van der Waals surface area contributed by atoms with Gasteiger partial charge in [0.1, 0.15) is 0 Å². The molecular formula is C18H21NOS. The fourth-order valence-electron chi connectivity index (χ4n) is 2.03. The Kier molecular flexibility index (Phi) is 5.88. The van der Waals surface area contributed by atoms with Gasteiger partial charge in [0.15, 0.2) is 0 Å². The lowest BCUT2D eigenvalue weighted by molar-refractivity contribution is -0.120. The summed E-state index contributed by atoms with van der Waals surface area (Å²) in [7, 11) is 0. The predicted octanol–water partition coefficient (Wildman–Crippen LogP) is 4.19. The van der Waals surface area contributed by atoms with Gasteiger partial charge >= 0.3 is 0 Å². The predicted molar refractivity (Wildman–Crippen MR) is 90.2 cm³/mol. The van der Waals surface area contributed by atoms with Crippen molar-refractivity contribution in [2.45, 2.75) is 30.9 Å². The summed E-state index contributed by atoms with van der Waals surface area (Å²) in [6.45, 7) is 3.97. The molecule has 110 valence electrons. The normalized spacial score (nSPS) is 13.4. The molecule has 0 bridgehead atoms. The van der Waals surface area contributed by atoms with Crippen molar-refractivity contribution in [3.8, 4) is 0 Å². The molecule has 0 aliphatic rings. The third kappa shape index (κ3) is 4.94. The Morgan fingerprint density at radius 1 is 1.00 bits per heavy atom. The molecule has 0 fully saturated rings. The third-order valence-corrected chi connectivity index (χ3v) is 4.58. The van der Waals surface area contributed by atoms with E-state index in [0.717, 1.165) is 11.3 Å². The molecule has 0 aromatic heterocycles. The largest absolute Gasteiger partial charge is 0.349 e. The van der Waals surface area contributed by atoms with E-state index in [1.807, 2.05) is 62.4 Å². The van der Waals surface area contributed by atoms with Crippen LogP contribution in [0.3, 0.4) is 0 Å². The van der Waals surface area contributed by atoms with Crippen molar-refractivity contribution >= 4 is 17.7 Å². The average Bonchev–Trinajstić information content (AvgIpc) is 2.54. The second-order valence-electron chi connectivity index (χ2n) is 5.08. The lowest BCUT2D eigenvalue weighted by Crippen LogP contribution is -2.33. The number of amides is 1. The van der Waals surface area contributed by atoms with E-state index in [1.165, 1.54) is 5.56 Å². The van der Waals surface area contributed by atoms with Crippen LogP contribution in [0.25, 0.3) is 0 Å². The van der Waals surface area contributed by atoms with Crippen LogP contribution in [0.4, 0.5) is 0 Å². The van der Waals surface area contributed by atoms with Crippen LogP contribution < -0.4 is 5.32 Å². The van der Waals surface area contributed by atoms with Gasteiger partial charge in [-0.3, -0.25) is 4.79 Å². The Balaban J connectivity index is 1.82. The van der Waals surface area contributed by atoms with Crippen LogP contribution in [0.2, 0.25) is 0 Å². The van der Waals surface area contributed by atoms with Crippen LogP contribution in [-0.4, -0.2) is 11.2 Å². The monoisotopic (exact) mass is 299 g/mol. The van der Waals surface area contributed by atoms with Crippen LogP contribution in [0.5, 0.6) is 0 Å². The smallest absolute Gasteiger partial charge is 0.233 e. The average molecular weight is 299 g/mol. The van der Waals surface area contributed by atoms with Crippen molar-refractivity contribution in [3.05, 3.63) is 71.8 Å². The first kappa shape index (κ1) is 15.6. The number of carbonyl (C=O) groups excluding carboxylic acids is 1. The first-order valence-electron chi connectivity index (χ1n) is 7.17. The summed E-state index contributed by atoms with van der Waals surface area (Å²) in [5.74, 6) is 0.946. The van der Waals surface area contributed by atoms with E-state index in [2.05, 4.69) is 17.4 Å². The zero-order chi connectivity index (χ0) is 15.1. The lowest BCUT2D eigenvalue weighted by atomic mass is 10.1. The zero-order valence-corrected chi connectivity index (χ0v) is 13.3. The summed E-state index contributed by atoms with van der Waals surface area (Å²) in [4.78, 5) is 12.2. The number of rotatable bonds is 6. The van der Waals surface area contributed by atoms with Gasteiger partial charge in [0, 0.05) is 5.75 Å². The van der Waals surface area contributed by atoms with E-state index < -0.39 is 0 Å². The summed E-state index contributed by atoms with van der Waals surface area (Å²) in [6, 6.07) is 20.3. The molecule has 0 aliphatic carbocycles. The van der Waals surface area contributed by atoms with Crippen LogP contribution in [0.1, 0.15) is 31.0 Å². The van der Waals surface area contributed by atoms with Crippen molar-refractivity contribution in [1.29, 1.82) is 0 Å². The van der Waals surface area contributed by atoms with Crippen LogP contribution in [0, 0.1) is 0 Å². The summed E-state index contributed by atoms with van der Waals surface area (Å²) in [5.41, 5.74) is 2.38. The summed E-state index contributed by atoms with van der Waals surface area (Å²) in [5, 5.41) is 3.01. The highest BCUT2D eigenvalue weighted by Gasteiger charge is 2.16. The van der Waals surface area contributed by atoms with E-state index in [1.54, 1.807) is 11.8 Å². The molecule has 1 amide bonds. The molecule has 0 aliphatic heterocycles. The molecule has 3 heteroatoms. The van der Waals surface area contributed by atoms with Crippen molar-refractivity contribution in [2.75, 3.05) is 0 Å². The maximum atomic E-state index is 12.2. The number of nitrogens with one attached hydrogen (secondary N) is 1.